The summed E-state index contributed by atoms with van der Waals surface area (Å²) >= 11 is 0. The summed E-state index contributed by atoms with van der Waals surface area (Å²) in [6, 6.07) is 7.66. The lowest BCUT2D eigenvalue weighted by atomic mass is 9.85. The van der Waals surface area contributed by atoms with E-state index in [1.807, 2.05) is 72.7 Å². The van der Waals surface area contributed by atoms with Crippen molar-refractivity contribution in [2.45, 2.75) is 106 Å². The van der Waals surface area contributed by atoms with Gasteiger partial charge in [0.2, 0.25) is 0 Å². The summed E-state index contributed by atoms with van der Waals surface area (Å²) in [7, 11) is -1.46. The predicted molar refractivity (Wildman–Crippen MR) is 171 cm³/mol. The van der Waals surface area contributed by atoms with Crippen molar-refractivity contribution in [2.24, 2.45) is 5.41 Å². The van der Waals surface area contributed by atoms with Crippen LogP contribution < -0.4 is 10.1 Å². The fourth-order valence-corrected chi connectivity index (χ4v) is 5.73. The fourth-order valence-electron chi connectivity index (χ4n) is 4.56. The van der Waals surface area contributed by atoms with Gasteiger partial charge in [0.1, 0.15) is 23.1 Å². The van der Waals surface area contributed by atoms with Crippen LogP contribution in [0.1, 0.15) is 68.0 Å². The average molecular weight is 613 g/mol. The van der Waals surface area contributed by atoms with Crippen LogP contribution in [0.5, 0.6) is 5.75 Å². The molecule has 2 unspecified atom stereocenters. The van der Waals surface area contributed by atoms with E-state index in [0.717, 1.165) is 16.5 Å². The first-order valence-electron chi connectivity index (χ1n) is 14.7. The Hall–Kier alpha value is -3.44. The molecular weight excluding hydrogens is 564 g/mol. The number of carbonyl (C=O) groups excluding carboxylic acids is 2. The number of nitrogens with one attached hydrogen (secondary N) is 1. The molecule has 0 bridgehead atoms. The van der Waals surface area contributed by atoms with E-state index in [2.05, 4.69) is 49.3 Å². The van der Waals surface area contributed by atoms with Crippen LogP contribution in [0.15, 0.2) is 36.7 Å². The lowest BCUT2D eigenvalue weighted by Gasteiger charge is -2.38. The van der Waals surface area contributed by atoms with Crippen LogP contribution >= 0.6 is 0 Å². The summed E-state index contributed by atoms with van der Waals surface area (Å²) in [5, 5.41) is 8.13. The first kappa shape index (κ1) is 34.1. The smallest absolute Gasteiger partial charge is 0.435 e. The molecule has 3 rings (SSSR count). The third-order valence-electron chi connectivity index (χ3n) is 6.22. The van der Waals surface area contributed by atoms with E-state index in [1.54, 1.807) is 12.4 Å². The number of fused-ring (bicyclic) bond motifs is 1. The van der Waals surface area contributed by atoms with Crippen LogP contribution in [0.3, 0.4) is 0 Å². The van der Waals surface area contributed by atoms with Gasteiger partial charge in [-0.15, -0.1) is 0 Å². The lowest BCUT2D eigenvalue weighted by molar-refractivity contribution is -0.0162. The number of hydrogen-bond acceptors (Lipinski definition) is 8. The van der Waals surface area contributed by atoms with Crippen molar-refractivity contribution in [1.29, 1.82) is 0 Å². The van der Waals surface area contributed by atoms with Crippen molar-refractivity contribution in [3.63, 3.8) is 0 Å². The molecule has 0 spiro atoms. The number of aryl methyl sites for hydroxylation is 1. The van der Waals surface area contributed by atoms with Gasteiger partial charge in [0.05, 0.1) is 30.1 Å². The van der Waals surface area contributed by atoms with Gasteiger partial charge in [0.15, 0.2) is 9.04 Å². The molecule has 0 aliphatic rings. The van der Waals surface area contributed by atoms with Gasteiger partial charge in [0.25, 0.3) is 0 Å². The number of benzene rings is 1. The Kier molecular flexibility index (Phi) is 10.3. The summed E-state index contributed by atoms with van der Waals surface area (Å²) in [4.78, 5) is 29.7. The average Bonchev–Trinajstić information content (AvgIpc) is 3.18. The maximum Gasteiger partial charge on any atom is 0.435 e. The molecule has 11 heteroatoms. The first-order chi connectivity index (χ1) is 19.7. The van der Waals surface area contributed by atoms with E-state index >= 15 is 0 Å². The number of nitrogens with zero attached hydrogens (tertiary/aromatic N) is 3. The molecule has 0 fully saturated rings. The molecule has 1 amide bonds. The van der Waals surface area contributed by atoms with Crippen LogP contribution in [0.4, 0.5) is 9.59 Å². The monoisotopic (exact) mass is 612 g/mol. The topological polar surface area (TPSA) is 114 Å². The van der Waals surface area contributed by atoms with Gasteiger partial charge >= 0.3 is 12.2 Å². The molecule has 43 heavy (non-hydrogen) atoms. The van der Waals surface area contributed by atoms with E-state index in [0.29, 0.717) is 17.0 Å². The van der Waals surface area contributed by atoms with E-state index < -0.39 is 38.5 Å². The molecule has 0 radical (unpaired) electrons. The number of aromatic nitrogens is 3. The van der Waals surface area contributed by atoms with Gasteiger partial charge in [-0.05, 0) is 90.7 Å². The van der Waals surface area contributed by atoms with E-state index in [9.17, 15) is 9.59 Å². The zero-order valence-corrected chi connectivity index (χ0v) is 28.8. The molecule has 1 aromatic carbocycles. The number of hydrogen-bond donors (Lipinski definition) is 1. The highest BCUT2D eigenvalue weighted by atomic mass is 28.3. The normalized spacial score (nSPS) is 14.0. The van der Waals surface area contributed by atoms with Crippen molar-refractivity contribution in [2.75, 3.05) is 6.54 Å². The van der Waals surface area contributed by atoms with Gasteiger partial charge in [0, 0.05) is 17.1 Å². The molecule has 2 heterocycles. The molecule has 0 saturated heterocycles. The third kappa shape index (κ3) is 9.79. The van der Waals surface area contributed by atoms with Crippen LogP contribution in [-0.2, 0) is 13.9 Å². The predicted octanol–water partition coefficient (Wildman–Crippen LogP) is 6.88. The van der Waals surface area contributed by atoms with Gasteiger partial charge in [-0.1, -0.05) is 26.8 Å². The largest absolute Gasteiger partial charge is 0.484 e. The minimum atomic E-state index is -1.46. The summed E-state index contributed by atoms with van der Waals surface area (Å²) in [6.45, 7) is 23.5. The van der Waals surface area contributed by atoms with E-state index in [1.165, 1.54) is 4.68 Å². The second-order valence-corrected chi connectivity index (χ2v) is 16.5. The highest BCUT2D eigenvalue weighted by Gasteiger charge is 2.36. The molecule has 2 aromatic heterocycles. The molecule has 2 atom stereocenters. The molecule has 0 aliphatic carbocycles. The highest BCUT2D eigenvalue weighted by Crippen LogP contribution is 2.31. The Morgan fingerprint density at radius 2 is 1.58 bits per heavy atom. The van der Waals surface area contributed by atoms with E-state index in [4.69, 9.17) is 18.6 Å². The van der Waals surface area contributed by atoms with Crippen molar-refractivity contribution in [3.8, 4) is 16.9 Å². The number of rotatable bonds is 8. The molecule has 0 saturated carbocycles. The SMILES string of the molecule is Cc1nn(C(=O)OC(C)(C)C)c2ccc(-c3cncc(OC(CNC(=O)OC(C)(C)C)C(O[SiH](C)C)C(C)(C)C)c3)cc12. The highest BCUT2D eigenvalue weighted by molar-refractivity contribution is 6.48. The second-order valence-electron chi connectivity index (χ2n) is 14.1. The molecular formula is C32H48N4O6Si. The zero-order valence-electron chi connectivity index (χ0n) is 27.7. The maximum atomic E-state index is 12.8. The van der Waals surface area contributed by atoms with Crippen molar-refractivity contribution >= 4 is 32.1 Å². The fraction of sp³-hybridized carbons (Fsp3) is 0.562. The number of ether oxygens (including phenoxy) is 3. The van der Waals surface area contributed by atoms with Crippen LogP contribution in [0.25, 0.3) is 22.0 Å². The minimum absolute atomic E-state index is 0.192. The molecule has 236 valence electrons. The van der Waals surface area contributed by atoms with E-state index in [-0.39, 0.29) is 18.1 Å². The van der Waals surface area contributed by atoms with Gasteiger partial charge < -0.3 is 24.0 Å². The summed E-state index contributed by atoms with van der Waals surface area (Å²) in [5.41, 5.74) is 1.56. The van der Waals surface area contributed by atoms with Gasteiger partial charge in [-0.3, -0.25) is 4.98 Å². The number of alkyl carbamates (subject to hydrolysis) is 1. The Balaban J connectivity index is 1.93. The standard InChI is InChI=1S/C32H48N4O6Si/c1-20-24-16-21(13-14-25(24)36(35-20)29(38)41-32(8,9)10)22-15-23(18-33-17-22)39-26(19-34-28(37)40-31(5,6)7)27(30(2,3)4)42-43(11)12/h13-18,26-27,43H,19H2,1-12H3,(H,34,37). The van der Waals surface area contributed by atoms with Crippen molar-refractivity contribution < 1.29 is 28.2 Å². The Morgan fingerprint density at radius 1 is 0.930 bits per heavy atom. The molecule has 0 aliphatic heterocycles. The number of pyridine rings is 1. The molecule has 3 aromatic rings. The van der Waals surface area contributed by atoms with Crippen LogP contribution in [-0.4, -0.2) is 65.9 Å². The Labute approximate surface area is 257 Å². The first-order valence-corrected chi connectivity index (χ1v) is 17.5. The van der Waals surface area contributed by atoms with Gasteiger partial charge in [-0.25, -0.2) is 9.59 Å². The van der Waals surface area contributed by atoms with Crippen molar-refractivity contribution in [1.82, 2.24) is 20.1 Å². The zero-order chi connectivity index (χ0) is 32.3. The van der Waals surface area contributed by atoms with Crippen LogP contribution in [0.2, 0.25) is 13.1 Å². The van der Waals surface area contributed by atoms with Gasteiger partial charge in [-0.2, -0.15) is 9.78 Å². The van der Waals surface area contributed by atoms with Crippen molar-refractivity contribution in [3.05, 3.63) is 42.4 Å². The molecule has 10 nitrogen and oxygen atoms in total. The quantitative estimate of drug-likeness (QED) is 0.274. The Morgan fingerprint density at radius 3 is 2.16 bits per heavy atom. The molecule has 1 N–H and O–H groups in total. The maximum absolute atomic E-state index is 12.8. The summed E-state index contributed by atoms with van der Waals surface area (Å²) in [6.07, 6.45) is 1.57. The number of carbonyl (C=O) groups is 2. The summed E-state index contributed by atoms with van der Waals surface area (Å²) in [5.74, 6) is 0.540. The summed E-state index contributed by atoms with van der Waals surface area (Å²) < 4.78 is 25.3. The number of amides is 1. The lowest BCUT2D eigenvalue weighted by Crippen LogP contribution is -2.51. The van der Waals surface area contributed by atoms with Crippen LogP contribution in [0, 0.1) is 12.3 Å². The Bertz CT molecular complexity index is 1430. The minimum Gasteiger partial charge on any atom is -0.484 e. The second kappa shape index (κ2) is 13.0. The third-order valence-corrected chi connectivity index (χ3v) is 7.06.